The highest BCUT2D eigenvalue weighted by atomic mass is 32.2. The van der Waals surface area contributed by atoms with Crippen molar-refractivity contribution in [3.8, 4) is 0 Å². The Balaban J connectivity index is 1.94. The van der Waals surface area contributed by atoms with Crippen LogP contribution in [-0.4, -0.2) is 29.0 Å². The molecule has 1 fully saturated rings. The van der Waals surface area contributed by atoms with Gasteiger partial charge >= 0.3 is 0 Å². The maximum atomic E-state index is 12.7. The number of sulfonamides is 1. The van der Waals surface area contributed by atoms with Gasteiger partial charge in [0.15, 0.2) is 0 Å². The first-order chi connectivity index (χ1) is 9.09. The van der Waals surface area contributed by atoms with Crippen molar-refractivity contribution in [2.24, 2.45) is 0 Å². The van der Waals surface area contributed by atoms with Crippen LogP contribution in [0.25, 0.3) is 0 Å². The van der Waals surface area contributed by atoms with Crippen molar-refractivity contribution in [2.45, 2.75) is 37.2 Å². The van der Waals surface area contributed by atoms with Crippen molar-refractivity contribution in [3.05, 3.63) is 34.3 Å². The first kappa shape index (κ1) is 12.8. The third-order valence-corrected chi connectivity index (χ3v) is 5.99. The molecule has 0 radical (unpaired) electrons. The van der Waals surface area contributed by atoms with Gasteiger partial charge in [-0.2, -0.15) is 20.7 Å². The zero-order chi connectivity index (χ0) is 13.5. The minimum Gasteiger partial charge on any atom is -0.281 e. The number of aromatic nitrogens is 2. The standard InChI is InChI=1S/C12H15N3O2S2/c1-9-12(6-13-14-9)19(16,17)15(11-2-3-11)7-10-4-5-18-8-10/h4-6,8,11H,2-3,7H2,1H3,(H,13,14). The molecule has 102 valence electrons. The quantitative estimate of drug-likeness (QED) is 0.919. The second-order valence-corrected chi connectivity index (χ2v) is 7.41. The Bertz CT molecular complexity index is 657. The van der Waals surface area contributed by atoms with E-state index in [1.807, 2.05) is 16.8 Å². The maximum Gasteiger partial charge on any atom is 0.247 e. The van der Waals surface area contributed by atoms with Crippen LogP contribution in [0.15, 0.2) is 27.9 Å². The van der Waals surface area contributed by atoms with E-state index in [0.29, 0.717) is 12.2 Å². The molecule has 0 unspecified atom stereocenters. The van der Waals surface area contributed by atoms with E-state index < -0.39 is 10.0 Å². The Morgan fingerprint density at radius 3 is 2.84 bits per heavy atom. The Labute approximate surface area is 116 Å². The van der Waals surface area contributed by atoms with Crippen molar-refractivity contribution >= 4 is 21.4 Å². The van der Waals surface area contributed by atoms with Crippen molar-refractivity contribution < 1.29 is 8.42 Å². The second-order valence-electron chi connectivity index (χ2n) is 4.77. The van der Waals surface area contributed by atoms with Crippen LogP contribution in [0.3, 0.4) is 0 Å². The minimum atomic E-state index is -3.46. The van der Waals surface area contributed by atoms with E-state index in [9.17, 15) is 8.42 Å². The molecule has 1 aliphatic rings. The van der Waals surface area contributed by atoms with Gasteiger partial charge in [0.05, 0.1) is 11.9 Å². The third-order valence-electron chi connectivity index (χ3n) is 3.24. The Kier molecular flexibility index (Phi) is 3.20. The fourth-order valence-electron chi connectivity index (χ4n) is 2.06. The monoisotopic (exact) mass is 297 g/mol. The molecule has 2 heterocycles. The summed E-state index contributed by atoms with van der Waals surface area (Å²) in [6.45, 7) is 2.18. The zero-order valence-corrected chi connectivity index (χ0v) is 12.2. The van der Waals surface area contributed by atoms with Crippen molar-refractivity contribution in [1.29, 1.82) is 0 Å². The van der Waals surface area contributed by atoms with Crippen LogP contribution in [0.2, 0.25) is 0 Å². The SMILES string of the molecule is Cc1[nH]ncc1S(=O)(=O)N(Cc1ccsc1)C1CC1. The topological polar surface area (TPSA) is 66.1 Å². The van der Waals surface area contributed by atoms with Crippen LogP contribution in [0, 0.1) is 6.92 Å². The molecule has 1 aliphatic carbocycles. The highest BCUT2D eigenvalue weighted by Crippen LogP contribution is 2.34. The van der Waals surface area contributed by atoms with Gasteiger partial charge in [-0.15, -0.1) is 0 Å². The molecule has 5 nitrogen and oxygen atoms in total. The molecule has 19 heavy (non-hydrogen) atoms. The number of H-pyrrole nitrogens is 1. The summed E-state index contributed by atoms with van der Waals surface area (Å²) in [6.07, 6.45) is 3.29. The average Bonchev–Trinajstić information content (AvgIpc) is 2.88. The van der Waals surface area contributed by atoms with Crippen LogP contribution in [0.5, 0.6) is 0 Å². The fourth-order valence-corrected chi connectivity index (χ4v) is 4.51. The highest BCUT2D eigenvalue weighted by Gasteiger charge is 2.39. The van der Waals surface area contributed by atoms with E-state index in [-0.39, 0.29) is 10.9 Å². The zero-order valence-electron chi connectivity index (χ0n) is 10.5. The second kappa shape index (κ2) is 4.73. The Hall–Kier alpha value is -1.18. The molecule has 0 bridgehead atoms. The molecular formula is C12H15N3O2S2. The number of nitrogens with one attached hydrogen (secondary N) is 1. The number of aromatic amines is 1. The molecule has 2 aromatic heterocycles. The van der Waals surface area contributed by atoms with Crippen LogP contribution in [0.4, 0.5) is 0 Å². The molecule has 0 aromatic carbocycles. The Morgan fingerprint density at radius 2 is 2.32 bits per heavy atom. The smallest absolute Gasteiger partial charge is 0.247 e. The molecule has 1 saturated carbocycles. The van der Waals surface area contributed by atoms with E-state index in [2.05, 4.69) is 10.2 Å². The summed E-state index contributed by atoms with van der Waals surface area (Å²) in [6, 6.07) is 2.11. The number of hydrogen-bond donors (Lipinski definition) is 1. The summed E-state index contributed by atoms with van der Waals surface area (Å²) >= 11 is 1.58. The van der Waals surface area contributed by atoms with Crippen molar-refractivity contribution in [2.75, 3.05) is 0 Å². The number of rotatable bonds is 5. The van der Waals surface area contributed by atoms with Crippen molar-refractivity contribution in [1.82, 2.24) is 14.5 Å². The van der Waals surface area contributed by atoms with Gasteiger partial charge in [-0.05, 0) is 42.2 Å². The van der Waals surface area contributed by atoms with E-state index in [1.54, 1.807) is 22.6 Å². The van der Waals surface area contributed by atoms with E-state index in [0.717, 1.165) is 18.4 Å². The molecule has 7 heteroatoms. The van der Waals surface area contributed by atoms with Gasteiger partial charge in [0.25, 0.3) is 0 Å². The highest BCUT2D eigenvalue weighted by molar-refractivity contribution is 7.89. The van der Waals surface area contributed by atoms with Crippen LogP contribution < -0.4 is 0 Å². The van der Waals surface area contributed by atoms with Crippen molar-refractivity contribution in [3.63, 3.8) is 0 Å². The van der Waals surface area contributed by atoms with E-state index in [1.165, 1.54) is 6.20 Å². The molecule has 0 aliphatic heterocycles. The summed E-state index contributed by atoms with van der Waals surface area (Å²) in [4.78, 5) is 0.287. The first-order valence-corrected chi connectivity index (χ1v) is 8.50. The molecule has 2 aromatic rings. The van der Waals surface area contributed by atoms with E-state index >= 15 is 0 Å². The first-order valence-electron chi connectivity index (χ1n) is 6.12. The van der Waals surface area contributed by atoms with Gasteiger partial charge in [0.1, 0.15) is 4.90 Å². The number of aryl methyl sites for hydroxylation is 1. The maximum absolute atomic E-state index is 12.7. The van der Waals surface area contributed by atoms with Crippen LogP contribution >= 0.6 is 11.3 Å². The molecule has 0 atom stereocenters. The van der Waals surface area contributed by atoms with Crippen LogP contribution in [-0.2, 0) is 16.6 Å². The molecule has 0 saturated heterocycles. The average molecular weight is 297 g/mol. The van der Waals surface area contributed by atoms with Crippen LogP contribution in [0.1, 0.15) is 24.1 Å². The summed E-state index contributed by atoms with van der Waals surface area (Å²) in [5.74, 6) is 0. The predicted molar refractivity (Wildman–Crippen MR) is 73.4 cm³/mol. The minimum absolute atomic E-state index is 0.138. The van der Waals surface area contributed by atoms with Gasteiger partial charge < -0.3 is 0 Å². The normalized spacial score (nSPS) is 16.1. The molecular weight excluding hydrogens is 282 g/mol. The summed E-state index contributed by atoms with van der Waals surface area (Å²) in [5, 5.41) is 10.5. The molecule has 3 rings (SSSR count). The fraction of sp³-hybridized carbons (Fsp3) is 0.417. The lowest BCUT2D eigenvalue weighted by molar-refractivity contribution is 0.399. The van der Waals surface area contributed by atoms with E-state index in [4.69, 9.17) is 0 Å². The van der Waals surface area contributed by atoms with Gasteiger partial charge in [0, 0.05) is 12.6 Å². The molecule has 0 amide bonds. The van der Waals surface area contributed by atoms with Gasteiger partial charge in [-0.1, -0.05) is 0 Å². The van der Waals surface area contributed by atoms with Gasteiger partial charge in [-0.3, -0.25) is 5.10 Å². The number of hydrogen-bond acceptors (Lipinski definition) is 4. The lowest BCUT2D eigenvalue weighted by atomic mass is 10.3. The lowest BCUT2D eigenvalue weighted by Gasteiger charge is -2.21. The summed E-state index contributed by atoms with van der Waals surface area (Å²) < 4.78 is 27.0. The third kappa shape index (κ3) is 2.45. The summed E-state index contributed by atoms with van der Waals surface area (Å²) in [7, 11) is -3.46. The molecule has 1 N–H and O–H groups in total. The summed E-state index contributed by atoms with van der Waals surface area (Å²) in [5.41, 5.74) is 1.64. The number of thiophene rings is 1. The largest absolute Gasteiger partial charge is 0.281 e. The Morgan fingerprint density at radius 1 is 1.53 bits per heavy atom. The molecule has 0 spiro atoms. The van der Waals surface area contributed by atoms with Gasteiger partial charge in [0.2, 0.25) is 10.0 Å². The predicted octanol–water partition coefficient (Wildman–Crippen LogP) is 2.13. The lowest BCUT2D eigenvalue weighted by Crippen LogP contribution is -2.32. The van der Waals surface area contributed by atoms with Gasteiger partial charge in [-0.25, -0.2) is 8.42 Å². The number of nitrogens with zero attached hydrogens (tertiary/aromatic N) is 2.